The van der Waals surface area contributed by atoms with Crippen LogP contribution in [0.2, 0.25) is 0 Å². The van der Waals surface area contributed by atoms with Gasteiger partial charge in [0.1, 0.15) is 0 Å². The highest BCUT2D eigenvalue weighted by Gasteiger charge is 2.52. The second-order valence-electron chi connectivity index (χ2n) is 5.82. The minimum atomic E-state index is 0. The molecule has 0 N–H and O–H groups in total. The monoisotopic (exact) mass is 212 g/mol. The Morgan fingerprint density at radius 1 is 1.13 bits per heavy atom. The molecule has 2 unspecified atom stereocenters. The lowest BCUT2D eigenvalue weighted by atomic mass is 9.60. The van der Waals surface area contributed by atoms with E-state index in [9.17, 15) is 0 Å². The van der Waals surface area contributed by atoms with Gasteiger partial charge in [0.05, 0.1) is 6.10 Å². The molecule has 2 saturated carbocycles. The molecule has 0 aliphatic heterocycles. The van der Waals surface area contributed by atoms with E-state index in [1.807, 2.05) is 7.11 Å². The molecule has 0 saturated heterocycles. The van der Waals surface area contributed by atoms with E-state index in [0.717, 1.165) is 17.8 Å². The predicted molar refractivity (Wildman–Crippen MR) is 65.9 cm³/mol. The molecule has 2 fully saturated rings. The van der Waals surface area contributed by atoms with Gasteiger partial charge in [-0.25, -0.2) is 0 Å². The molecule has 0 aromatic heterocycles. The molecule has 2 bridgehead atoms. The van der Waals surface area contributed by atoms with Crippen molar-refractivity contribution in [2.45, 2.75) is 60.0 Å². The Bertz CT molecular complexity index is 195. The highest BCUT2D eigenvalue weighted by atomic mass is 16.5. The highest BCUT2D eigenvalue weighted by Crippen LogP contribution is 2.59. The van der Waals surface area contributed by atoms with E-state index in [4.69, 9.17) is 4.74 Å². The van der Waals surface area contributed by atoms with Crippen molar-refractivity contribution in [2.24, 2.45) is 23.2 Å². The van der Waals surface area contributed by atoms with E-state index < -0.39 is 0 Å². The summed E-state index contributed by atoms with van der Waals surface area (Å²) in [5, 5.41) is 0. The molecule has 0 radical (unpaired) electrons. The SMILES string of the molecule is C.COC1CC2CCC(C1)C2(C)C(C)C. The predicted octanol–water partition coefficient (Wildman–Crippen LogP) is 4.12. The zero-order chi connectivity index (χ0) is 10.3. The van der Waals surface area contributed by atoms with E-state index >= 15 is 0 Å². The number of methoxy groups -OCH3 is 1. The first kappa shape index (κ1) is 13.0. The number of hydrogen-bond acceptors (Lipinski definition) is 1. The Kier molecular flexibility index (Phi) is 3.86. The van der Waals surface area contributed by atoms with Crippen molar-refractivity contribution in [2.75, 3.05) is 7.11 Å². The molecule has 1 heteroatoms. The molecular weight excluding hydrogens is 184 g/mol. The third-order valence-corrected chi connectivity index (χ3v) is 5.30. The molecule has 0 spiro atoms. The largest absolute Gasteiger partial charge is 0.381 e. The number of fused-ring (bicyclic) bond motifs is 2. The normalized spacial score (nSPS) is 44.2. The minimum absolute atomic E-state index is 0. The summed E-state index contributed by atoms with van der Waals surface area (Å²) in [4.78, 5) is 0. The van der Waals surface area contributed by atoms with Crippen LogP contribution in [0.1, 0.15) is 53.9 Å². The molecule has 0 heterocycles. The molecule has 15 heavy (non-hydrogen) atoms. The van der Waals surface area contributed by atoms with Crippen LogP contribution >= 0.6 is 0 Å². The van der Waals surface area contributed by atoms with Crippen LogP contribution in [-0.2, 0) is 4.74 Å². The van der Waals surface area contributed by atoms with Gasteiger partial charge < -0.3 is 4.74 Å². The first-order valence-corrected chi connectivity index (χ1v) is 6.11. The van der Waals surface area contributed by atoms with Crippen molar-refractivity contribution < 1.29 is 4.74 Å². The van der Waals surface area contributed by atoms with Crippen molar-refractivity contribution in [3.63, 3.8) is 0 Å². The van der Waals surface area contributed by atoms with E-state index in [1.165, 1.54) is 25.7 Å². The highest BCUT2D eigenvalue weighted by molar-refractivity contribution is 5.01. The minimum Gasteiger partial charge on any atom is -0.381 e. The third-order valence-electron chi connectivity index (χ3n) is 5.30. The quantitative estimate of drug-likeness (QED) is 0.669. The summed E-state index contributed by atoms with van der Waals surface area (Å²) in [6, 6.07) is 0. The van der Waals surface area contributed by atoms with Crippen molar-refractivity contribution in [1.82, 2.24) is 0 Å². The maximum atomic E-state index is 5.55. The third kappa shape index (κ3) is 1.84. The molecule has 2 rings (SSSR count). The average molecular weight is 212 g/mol. The van der Waals surface area contributed by atoms with Gasteiger partial charge in [-0.2, -0.15) is 0 Å². The van der Waals surface area contributed by atoms with Gasteiger partial charge in [0.25, 0.3) is 0 Å². The van der Waals surface area contributed by atoms with Crippen LogP contribution in [0.3, 0.4) is 0 Å². The summed E-state index contributed by atoms with van der Waals surface area (Å²) >= 11 is 0. The average Bonchev–Trinajstić information content (AvgIpc) is 2.40. The van der Waals surface area contributed by atoms with Crippen molar-refractivity contribution in [1.29, 1.82) is 0 Å². The van der Waals surface area contributed by atoms with Gasteiger partial charge >= 0.3 is 0 Å². The molecule has 2 atom stereocenters. The fraction of sp³-hybridized carbons (Fsp3) is 1.00. The molecule has 0 aromatic carbocycles. The summed E-state index contributed by atoms with van der Waals surface area (Å²) in [6.45, 7) is 7.32. The molecule has 2 aliphatic carbocycles. The van der Waals surface area contributed by atoms with E-state index in [-0.39, 0.29) is 7.43 Å². The molecule has 90 valence electrons. The summed E-state index contributed by atoms with van der Waals surface area (Å²) in [7, 11) is 1.88. The van der Waals surface area contributed by atoms with Gasteiger partial charge in [0, 0.05) is 7.11 Å². The molecular formula is C14H28O. The van der Waals surface area contributed by atoms with E-state index in [1.54, 1.807) is 0 Å². The van der Waals surface area contributed by atoms with Crippen LogP contribution in [0.4, 0.5) is 0 Å². The van der Waals surface area contributed by atoms with Crippen molar-refractivity contribution >= 4 is 0 Å². The van der Waals surface area contributed by atoms with Gasteiger partial charge in [-0.3, -0.25) is 0 Å². The van der Waals surface area contributed by atoms with E-state index in [2.05, 4.69) is 20.8 Å². The lowest BCUT2D eigenvalue weighted by Gasteiger charge is -2.46. The molecule has 0 aromatic rings. The van der Waals surface area contributed by atoms with Gasteiger partial charge in [0.2, 0.25) is 0 Å². The Balaban J connectivity index is 0.00000112. The smallest absolute Gasteiger partial charge is 0.0577 e. The molecule has 1 nitrogen and oxygen atoms in total. The van der Waals surface area contributed by atoms with Gasteiger partial charge in [-0.05, 0) is 48.9 Å². The van der Waals surface area contributed by atoms with Crippen LogP contribution in [0.25, 0.3) is 0 Å². The fourth-order valence-corrected chi connectivity index (χ4v) is 3.97. The second-order valence-corrected chi connectivity index (χ2v) is 5.82. The van der Waals surface area contributed by atoms with Crippen LogP contribution < -0.4 is 0 Å². The summed E-state index contributed by atoms with van der Waals surface area (Å²) < 4.78 is 5.55. The standard InChI is InChI=1S/C13H24O.CH4/c1-9(2)13(3)10-5-6-11(13)8-12(7-10)14-4;/h9-12H,5-8H2,1-4H3;1H4. The number of rotatable bonds is 2. The lowest BCUT2D eigenvalue weighted by molar-refractivity contribution is -0.0391. The topological polar surface area (TPSA) is 9.23 Å². The fourth-order valence-electron chi connectivity index (χ4n) is 3.97. The maximum Gasteiger partial charge on any atom is 0.0577 e. The Labute approximate surface area is 95.6 Å². The Morgan fingerprint density at radius 2 is 1.60 bits per heavy atom. The summed E-state index contributed by atoms with van der Waals surface area (Å²) in [5.74, 6) is 2.68. The van der Waals surface area contributed by atoms with Gasteiger partial charge in [-0.15, -0.1) is 0 Å². The maximum absolute atomic E-state index is 5.55. The first-order valence-electron chi connectivity index (χ1n) is 6.11. The van der Waals surface area contributed by atoms with Crippen molar-refractivity contribution in [3.8, 4) is 0 Å². The zero-order valence-electron chi connectivity index (χ0n) is 10.0. The van der Waals surface area contributed by atoms with Gasteiger partial charge in [-0.1, -0.05) is 28.2 Å². The molecule has 2 aliphatic rings. The van der Waals surface area contributed by atoms with E-state index in [0.29, 0.717) is 11.5 Å². The zero-order valence-corrected chi connectivity index (χ0v) is 10.0. The van der Waals surface area contributed by atoms with Crippen LogP contribution in [-0.4, -0.2) is 13.2 Å². The van der Waals surface area contributed by atoms with Crippen LogP contribution in [0.5, 0.6) is 0 Å². The number of ether oxygens (including phenoxy) is 1. The Morgan fingerprint density at radius 3 is 1.93 bits per heavy atom. The van der Waals surface area contributed by atoms with Crippen LogP contribution in [0.15, 0.2) is 0 Å². The van der Waals surface area contributed by atoms with Crippen LogP contribution in [0, 0.1) is 23.2 Å². The van der Waals surface area contributed by atoms with Crippen molar-refractivity contribution in [3.05, 3.63) is 0 Å². The lowest BCUT2D eigenvalue weighted by Crippen LogP contribution is -2.42. The summed E-state index contributed by atoms with van der Waals surface area (Å²) in [5.41, 5.74) is 0.606. The number of hydrogen-bond donors (Lipinski definition) is 0. The van der Waals surface area contributed by atoms with Gasteiger partial charge in [0.15, 0.2) is 0 Å². The Hall–Kier alpha value is -0.0400. The second kappa shape index (κ2) is 4.45. The summed E-state index contributed by atoms with van der Waals surface area (Å²) in [6.07, 6.45) is 6.06. The first-order chi connectivity index (χ1) is 6.59. The molecule has 0 amide bonds.